The van der Waals surface area contributed by atoms with E-state index in [0.717, 1.165) is 83.0 Å². The Hall–Kier alpha value is -6.74. The van der Waals surface area contributed by atoms with Gasteiger partial charge >= 0.3 is 12.2 Å². The summed E-state index contributed by atoms with van der Waals surface area (Å²) in [5.74, 6) is 0.898. The fraction of sp³-hybridized carbons (Fsp3) is 0.434. The number of amides is 4. The maximum absolute atomic E-state index is 14.6. The van der Waals surface area contributed by atoms with Gasteiger partial charge in [-0.1, -0.05) is 74.5 Å². The highest BCUT2D eigenvalue weighted by Crippen LogP contribution is 2.60. The summed E-state index contributed by atoms with van der Waals surface area (Å²) in [5.41, 5.74) is 9.31. The molecule has 1 spiro atoms. The summed E-state index contributed by atoms with van der Waals surface area (Å²) in [5, 5.41) is 7.65. The van der Waals surface area contributed by atoms with Crippen LogP contribution in [0.4, 0.5) is 9.59 Å². The van der Waals surface area contributed by atoms with Crippen molar-refractivity contribution in [3.63, 3.8) is 0 Å². The van der Waals surface area contributed by atoms with Crippen molar-refractivity contribution in [3.8, 4) is 22.4 Å². The van der Waals surface area contributed by atoms with E-state index >= 15 is 0 Å². The number of likely N-dealkylation sites (tertiary alicyclic amines) is 2. The number of nitrogens with zero attached hydrogens (tertiary/aromatic N) is 4. The van der Waals surface area contributed by atoms with Gasteiger partial charge in [-0.25, -0.2) is 19.6 Å². The van der Waals surface area contributed by atoms with Crippen LogP contribution < -0.4 is 10.6 Å². The van der Waals surface area contributed by atoms with Gasteiger partial charge < -0.3 is 44.6 Å². The van der Waals surface area contributed by atoms with Crippen LogP contribution in [-0.4, -0.2) is 100 Å². The third-order valence-electron chi connectivity index (χ3n) is 15.3. The molecule has 354 valence electrons. The standard InChI is InChI=1S/C53H60N8O7/c1-29(2)39(26-55-51(64)67-5)49(62)61-30(3)15-22-42(61)48-56-40-21-17-33-23-32(16-18-35(33)46(40)58-48)34-19-20-38(37-14-10-13-36(34)37)41-27-54-47(57-41)43-24-53(25-44(53)66-4)28-60(43)50(63)45(59-52(65)68-6)31-11-8-7-9-12-31/h7-9,11-12,16-21,23,27,29-30,39,42-45H,10,13-15,22,24-26,28H2,1-6H3,(H,54,57)(H,55,64)(H,56,58)(H,59,65)/t30-,39-,42-,43-,44+,45+,53?/m0/s1. The first-order valence-corrected chi connectivity index (χ1v) is 23.9. The number of imidazole rings is 2. The third kappa shape index (κ3) is 8.03. The molecule has 15 heteroatoms. The van der Waals surface area contributed by atoms with E-state index in [-0.39, 0.29) is 53.9 Å². The number of aromatic amines is 2. The molecule has 1 saturated carbocycles. The van der Waals surface area contributed by atoms with Crippen LogP contribution in [0.25, 0.3) is 44.2 Å². The van der Waals surface area contributed by atoms with Gasteiger partial charge in [-0.15, -0.1) is 0 Å². The van der Waals surface area contributed by atoms with Gasteiger partial charge in [-0.3, -0.25) is 9.59 Å². The predicted molar refractivity (Wildman–Crippen MR) is 257 cm³/mol. The van der Waals surface area contributed by atoms with Crippen molar-refractivity contribution >= 4 is 45.8 Å². The van der Waals surface area contributed by atoms with Crippen molar-refractivity contribution in [1.82, 2.24) is 40.4 Å². The molecule has 68 heavy (non-hydrogen) atoms. The molecule has 4 amide bonds. The van der Waals surface area contributed by atoms with Crippen molar-refractivity contribution < 1.29 is 33.4 Å². The van der Waals surface area contributed by atoms with Gasteiger partial charge in [0.2, 0.25) is 5.91 Å². The number of methoxy groups -OCH3 is 3. The number of ether oxygens (including phenoxy) is 3. The number of carbonyl (C=O) groups excluding carboxylic acids is 4. The van der Waals surface area contributed by atoms with E-state index in [4.69, 9.17) is 24.2 Å². The molecule has 4 N–H and O–H groups in total. The molecule has 3 fully saturated rings. The Morgan fingerprint density at radius 2 is 1.60 bits per heavy atom. The SMILES string of the molecule is COC(=O)NC[C@H](C(=O)N1[C@@H](C)CC[C@H]1c1nc2c(ccc3cc(-c4ccc(-c5cnc([C@@H]6CC7(C[C@H]7OC)CN6C(=O)[C@H](NC(=O)OC)c6ccccc6)[nH]5)c5c4CCC5)ccc32)[nH]1)C(C)C. The van der Waals surface area contributed by atoms with Crippen LogP contribution in [0.3, 0.4) is 0 Å². The Kier molecular flexibility index (Phi) is 12.0. The van der Waals surface area contributed by atoms with Crippen molar-refractivity contribution in [2.75, 3.05) is 34.4 Å². The molecule has 1 unspecified atom stereocenters. The number of rotatable bonds is 12. The Labute approximate surface area is 395 Å². The zero-order valence-corrected chi connectivity index (χ0v) is 39.6. The number of hydrogen-bond acceptors (Lipinski definition) is 9. The first kappa shape index (κ1) is 45.1. The molecule has 6 aromatic rings. The molecule has 7 atom stereocenters. The normalized spacial score (nSPS) is 22.8. The molecule has 2 aliphatic carbocycles. The van der Waals surface area contributed by atoms with Gasteiger partial charge in [-0.05, 0) is 103 Å². The van der Waals surface area contributed by atoms with Crippen molar-refractivity contribution in [1.29, 1.82) is 0 Å². The summed E-state index contributed by atoms with van der Waals surface area (Å²) < 4.78 is 15.6. The number of hydrogen-bond donors (Lipinski definition) is 4. The Bertz CT molecular complexity index is 2910. The lowest BCUT2D eigenvalue weighted by atomic mass is 9.91. The van der Waals surface area contributed by atoms with Crippen molar-refractivity contribution in [2.24, 2.45) is 17.3 Å². The Morgan fingerprint density at radius 3 is 2.34 bits per heavy atom. The second-order valence-corrected chi connectivity index (χ2v) is 19.5. The lowest BCUT2D eigenvalue weighted by Gasteiger charge is -2.32. The molecular weight excluding hydrogens is 861 g/mol. The molecule has 4 aromatic carbocycles. The average Bonchev–Trinajstić information content (AvgIpc) is 4.06. The van der Waals surface area contributed by atoms with Crippen molar-refractivity contribution in [2.45, 2.75) is 96.0 Å². The molecule has 2 saturated heterocycles. The van der Waals surface area contributed by atoms with Crippen molar-refractivity contribution in [3.05, 3.63) is 107 Å². The summed E-state index contributed by atoms with van der Waals surface area (Å²) in [6.45, 7) is 6.80. The van der Waals surface area contributed by atoms with Crippen LogP contribution >= 0.6 is 0 Å². The fourth-order valence-electron chi connectivity index (χ4n) is 11.5. The minimum atomic E-state index is -0.930. The fourth-order valence-corrected chi connectivity index (χ4v) is 11.5. The topological polar surface area (TPSA) is 184 Å². The summed E-state index contributed by atoms with van der Waals surface area (Å²) in [7, 11) is 4.34. The Morgan fingerprint density at radius 1 is 0.838 bits per heavy atom. The molecule has 4 aliphatic rings. The van der Waals surface area contributed by atoms with Crippen LogP contribution in [-0.2, 0) is 36.6 Å². The maximum atomic E-state index is 14.6. The lowest BCUT2D eigenvalue weighted by Crippen LogP contribution is -2.46. The minimum Gasteiger partial charge on any atom is -0.453 e. The summed E-state index contributed by atoms with van der Waals surface area (Å²) in [6, 6.07) is 23.1. The number of carbonyl (C=O) groups is 4. The highest BCUT2D eigenvalue weighted by atomic mass is 16.5. The van der Waals surface area contributed by atoms with Gasteiger partial charge in [0.25, 0.3) is 5.91 Å². The van der Waals surface area contributed by atoms with Crippen LogP contribution in [0.15, 0.2) is 79.0 Å². The van der Waals surface area contributed by atoms with E-state index in [1.165, 1.54) is 30.9 Å². The van der Waals surface area contributed by atoms with Gasteiger partial charge in [-0.2, -0.15) is 0 Å². The minimum absolute atomic E-state index is 0.0102. The lowest BCUT2D eigenvalue weighted by molar-refractivity contribution is -0.139. The second-order valence-electron chi connectivity index (χ2n) is 19.5. The molecule has 10 rings (SSSR count). The largest absolute Gasteiger partial charge is 0.453 e. The zero-order chi connectivity index (χ0) is 47.4. The smallest absolute Gasteiger partial charge is 0.407 e. The van der Waals surface area contributed by atoms with Gasteiger partial charge in [0, 0.05) is 42.6 Å². The van der Waals surface area contributed by atoms with E-state index in [9.17, 15) is 19.2 Å². The molecule has 4 heterocycles. The molecule has 15 nitrogen and oxygen atoms in total. The van der Waals surface area contributed by atoms with E-state index < -0.39 is 24.1 Å². The van der Waals surface area contributed by atoms with Gasteiger partial charge in [0.05, 0.1) is 61.2 Å². The number of fused-ring (bicyclic) bond motifs is 4. The molecule has 0 radical (unpaired) electrons. The first-order chi connectivity index (χ1) is 32.9. The molecular formula is C53H60N8O7. The average molecular weight is 921 g/mol. The van der Waals surface area contributed by atoms with E-state index in [1.807, 2.05) is 60.2 Å². The highest BCUT2D eigenvalue weighted by molar-refractivity contribution is 6.05. The molecule has 2 aliphatic heterocycles. The quantitative estimate of drug-likeness (QED) is 0.0933. The van der Waals surface area contributed by atoms with E-state index in [0.29, 0.717) is 24.4 Å². The van der Waals surface area contributed by atoms with Crippen LogP contribution in [0.2, 0.25) is 0 Å². The summed E-state index contributed by atoms with van der Waals surface area (Å²) in [4.78, 5) is 74.4. The summed E-state index contributed by atoms with van der Waals surface area (Å²) >= 11 is 0. The Balaban J connectivity index is 0.919. The van der Waals surface area contributed by atoms with Gasteiger partial charge in [0.15, 0.2) is 0 Å². The van der Waals surface area contributed by atoms with E-state index in [2.05, 4.69) is 70.0 Å². The van der Waals surface area contributed by atoms with Crippen LogP contribution in [0.5, 0.6) is 0 Å². The number of aromatic nitrogens is 4. The highest BCUT2D eigenvalue weighted by Gasteiger charge is 2.63. The monoisotopic (exact) mass is 920 g/mol. The second kappa shape index (κ2) is 18.1. The molecule has 2 aromatic heterocycles. The number of alkyl carbamates (subject to hydrolysis) is 2. The first-order valence-electron chi connectivity index (χ1n) is 23.9. The third-order valence-corrected chi connectivity index (χ3v) is 15.3. The number of benzene rings is 4. The zero-order valence-electron chi connectivity index (χ0n) is 39.6. The summed E-state index contributed by atoms with van der Waals surface area (Å²) in [6.07, 6.45) is 6.88. The number of H-pyrrole nitrogens is 2. The molecule has 0 bridgehead atoms. The van der Waals surface area contributed by atoms with Crippen LogP contribution in [0.1, 0.15) is 99.3 Å². The predicted octanol–water partition coefficient (Wildman–Crippen LogP) is 8.72. The van der Waals surface area contributed by atoms with Crippen LogP contribution in [0, 0.1) is 17.3 Å². The maximum Gasteiger partial charge on any atom is 0.407 e. The van der Waals surface area contributed by atoms with Gasteiger partial charge in [0.1, 0.15) is 17.7 Å². The van der Waals surface area contributed by atoms with E-state index in [1.54, 1.807) is 7.11 Å². The number of nitrogens with one attached hydrogen (secondary N) is 4.